The summed E-state index contributed by atoms with van der Waals surface area (Å²) in [7, 11) is 0. The fourth-order valence-corrected chi connectivity index (χ4v) is 4.28. The van der Waals surface area contributed by atoms with E-state index in [1.54, 1.807) is 0 Å². The SMILES string of the molecule is OCCCC1=C[C@@H]2c3cccn3CCC[C@]2(O)c2ccccc21. The number of aryl methyl sites for hydroxylation is 1. The van der Waals surface area contributed by atoms with Gasteiger partial charge in [-0.15, -0.1) is 0 Å². The summed E-state index contributed by atoms with van der Waals surface area (Å²) in [5, 5.41) is 20.8. The Kier molecular flexibility index (Phi) is 3.63. The van der Waals surface area contributed by atoms with E-state index in [9.17, 15) is 10.2 Å². The van der Waals surface area contributed by atoms with Gasteiger partial charge in [0.15, 0.2) is 0 Å². The fourth-order valence-electron chi connectivity index (χ4n) is 4.28. The molecule has 1 aliphatic heterocycles. The van der Waals surface area contributed by atoms with Gasteiger partial charge in [-0.25, -0.2) is 0 Å². The molecule has 2 aromatic rings. The molecule has 0 saturated carbocycles. The first kappa shape index (κ1) is 14.7. The molecule has 3 heteroatoms. The van der Waals surface area contributed by atoms with Crippen molar-refractivity contribution in [2.45, 2.75) is 43.7 Å². The van der Waals surface area contributed by atoms with Crippen molar-refractivity contribution in [2.75, 3.05) is 6.61 Å². The van der Waals surface area contributed by atoms with E-state index in [-0.39, 0.29) is 12.5 Å². The van der Waals surface area contributed by atoms with E-state index in [1.165, 1.54) is 11.3 Å². The fraction of sp³-hybridized carbons (Fsp3) is 0.400. The largest absolute Gasteiger partial charge is 0.396 e. The van der Waals surface area contributed by atoms with Crippen molar-refractivity contribution in [1.29, 1.82) is 0 Å². The average Bonchev–Trinajstić information content (AvgIpc) is 2.97. The van der Waals surface area contributed by atoms with Crippen LogP contribution < -0.4 is 0 Å². The number of hydrogen-bond acceptors (Lipinski definition) is 2. The zero-order valence-electron chi connectivity index (χ0n) is 13.3. The standard InChI is InChI=1S/C20H23NO2/c22-13-4-6-15-14-18-19-9-3-11-21(19)12-5-10-20(18,23)17-8-2-1-7-16(15)17/h1-3,7-9,11,14,18,22-23H,4-6,10,12-13H2/t18-,20+/m1/s1. The Morgan fingerprint density at radius 3 is 2.91 bits per heavy atom. The predicted octanol–water partition coefficient (Wildman–Crippen LogP) is 3.42. The molecule has 2 aliphatic rings. The lowest BCUT2D eigenvalue weighted by molar-refractivity contribution is 0.0114. The number of nitrogens with zero attached hydrogens (tertiary/aromatic N) is 1. The van der Waals surface area contributed by atoms with Crippen LogP contribution in [0.15, 0.2) is 48.7 Å². The number of aliphatic hydroxyl groups is 2. The highest BCUT2D eigenvalue weighted by Gasteiger charge is 2.44. The smallest absolute Gasteiger partial charge is 0.102 e. The first-order valence-electron chi connectivity index (χ1n) is 8.53. The predicted molar refractivity (Wildman–Crippen MR) is 91.0 cm³/mol. The summed E-state index contributed by atoms with van der Waals surface area (Å²) in [5.41, 5.74) is 3.82. The second kappa shape index (κ2) is 5.66. The number of aromatic nitrogens is 1. The molecule has 1 aliphatic carbocycles. The number of hydrogen-bond donors (Lipinski definition) is 2. The van der Waals surface area contributed by atoms with E-state index in [1.807, 2.05) is 12.1 Å². The van der Waals surface area contributed by atoms with Gasteiger partial charge in [0, 0.05) is 25.0 Å². The van der Waals surface area contributed by atoms with Crippen LogP contribution in [0.25, 0.3) is 5.57 Å². The van der Waals surface area contributed by atoms with Crippen LogP contribution in [-0.4, -0.2) is 21.4 Å². The van der Waals surface area contributed by atoms with Crippen LogP contribution in [0.3, 0.4) is 0 Å². The van der Waals surface area contributed by atoms with E-state index < -0.39 is 5.60 Å². The number of benzene rings is 1. The van der Waals surface area contributed by atoms with Crippen molar-refractivity contribution in [3.63, 3.8) is 0 Å². The molecule has 2 N–H and O–H groups in total. The molecule has 1 aromatic carbocycles. The zero-order valence-corrected chi connectivity index (χ0v) is 13.3. The second-order valence-corrected chi connectivity index (χ2v) is 6.70. The zero-order chi connectivity index (χ0) is 15.9. The summed E-state index contributed by atoms with van der Waals surface area (Å²) in [5.74, 6) is -0.0106. The molecule has 0 bridgehead atoms. The molecule has 23 heavy (non-hydrogen) atoms. The van der Waals surface area contributed by atoms with Crippen molar-refractivity contribution in [2.24, 2.45) is 0 Å². The van der Waals surface area contributed by atoms with Crippen molar-refractivity contribution >= 4 is 5.57 Å². The van der Waals surface area contributed by atoms with E-state index in [2.05, 4.69) is 41.1 Å². The number of aliphatic hydroxyl groups excluding tert-OH is 1. The minimum atomic E-state index is -0.827. The third kappa shape index (κ3) is 2.27. The van der Waals surface area contributed by atoms with Gasteiger partial charge in [0.25, 0.3) is 0 Å². The van der Waals surface area contributed by atoms with E-state index >= 15 is 0 Å². The molecule has 2 heterocycles. The molecule has 0 fully saturated rings. The van der Waals surface area contributed by atoms with Gasteiger partial charge in [-0.2, -0.15) is 0 Å². The molecular weight excluding hydrogens is 286 g/mol. The highest BCUT2D eigenvalue weighted by Crippen LogP contribution is 2.50. The maximum atomic E-state index is 11.6. The number of allylic oxidation sites excluding steroid dienone is 1. The van der Waals surface area contributed by atoms with Crippen molar-refractivity contribution in [3.8, 4) is 0 Å². The highest BCUT2D eigenvalue weighted by atomic mass is 16.3. The lowest BCUT2D eigenvalue weighted by atomic mass is 9.69. The Hall–Kier alpha value is -1.84. The molecule has 120 valence electrons. The first-order chi connectivity index (χ1) is 11.2. The van der Waals surface area contributed by atoms with Gasteiger partial charge in [0.2, 0.25) is 0 Å². The Labute approximate surface area is 136 Å². The monoisotopic (exact) mass is 309 g/mol. The normalized spacial score (nSPS) is 25.8. The molecule has 3 nitrogen and oxygen atoms in total. The van der Waals surface area contributed by atoms with Crippen LogP contribution in [0.5, 0.6) is 0 Å². The number of rotatable bonds is 3. The van der Waals surface area contributed by atoms with Gasteiger partial charge in [-0.05, 0) is 54.5 Å². The summed E-state index contributed by atoms with van der Waals surface area (Å²) < 4.78 is 2.27. The average molecular weight is 309 g/mol. The van der Waals surface area contributed by atoms with Crippen LogP contribution in [0.1, 0.15) is 48.4 Å². The van der Waals surface area contributed by atoms with Crippen molar-refractivity contribution in [1.82, 2.24) is 4.57 Å². The van der Waals surface area contributed by atoms with Crippen LogP contribution >= 0.6 is 0 Å². The molecular formula is C20H23NO2. The van der Waals surface area contributed by atoms with E-state index in [0.29, 0.717) is 0 Å². The molecule has 0 radical (unpaired) electrons. The summed E-state index contributed by atoms with van der Waals surface area (Å²) in [6.07, 6.45) is 7.72. The van der Waals surface area contributed by atoms with Gasteiger partial charge in [0.1, 0.15) is 5.60 Å². The molecule has 0 spiro atoms. The summed E-state index contributed by atoms with van der Waals surface area (Å²) >= 11 is 0. The third-order valence-electron chi connectivity index (χ3n) is 5.37. The minimum absolute atomic E-state index is 0.0106. The second-order valence-electron chi connectivity index (χ2n) is 6.70. The third-order valence-corrected chi connectivity index (χ3v) is 5.37. The van der Waals surface area contributed by atoms with Gasteiger partial charge in [0.05, 0.1) is 5.92 Å². The van der Waals surface area contributed by atoms with Gasteiger partial charge < -0.3 is 14.8 Å². The van der Waals surface area contributed by atoms with Crippen LogP contribution in [0.2, 0.25) is 0 Å². The number of fused-ring (bicyclic) bond motifs is 5. The lowest BCUT2D eigenvalue weighted by Crippen LogP contribution is -2.35. The Bertz CT molecular complexity index is 746. The molecule has 4 rings (SSSR count). The Balaban J connectivity index is 1.89. The molecule has 0 amide bonds. The Morgan fingerprint density at radius 2 is 2.04 bits per heavy atom. The van der Waals surface area contributed by atoms with E-state index in [0.717, 1.165) is 43.4 Å². The summed E-state index contributed by atoms with van der Waals surface area (Å²) in [6, 6.07) is 12.4. The quantitative estimate of drug-likeness (QED) is 0.912. The van der Waals surface area contributed by atoms with Crippen molar-refractivity contribution in [3.05, 3.63) is 65.5 Å². The maximum Gasteiger partial charge on any atom is 0.102 e. The molecule has 0 saturated heterocycles. The first-order valence-corrected chi connectivity index (χ1v) is 8.53. The van der Waals surface area contributed by atoms with Gasteiger partial charge >= 0.3 is 0 Å². The summed E-state index contributed by atoms with van der Waals surface area (Å²) in [6.45, 7) is 1.16. The molecule has 2 atom stereocenters. The van der Waals surface area contributed by atoms with Crippen LogP contribution in [-0.2, 0) is 12.1 Å². The minimum Gasteiger partial charge on any atom is -0.396 e. The van der Waals surface area contributed by atoms with Gasteiger partial charge in [-0.3, -0.25) is 0 Å². The van der Waals surface area contributed by atoms with Crippen molar-refractivity contribution < 1.29 is 10.2 Å². The lowest BCUT2D eigenvalue weighted by Gasteiger charge is -2.39. The topological polar surface area (TPSA) is 45.4 Å². The highest BCUT2D eigenvalue weighted by molar-refractivity contribution is 5.73. The molecule has 1 aromatic heterocycles. The van der Waals surface area contributed by atoms with Crippen LogP contribution in [0.4, 0.5) is 0 Å². The van der Waals surface area contributed by atoms with E-state index in [4.69, 9.17) is 0 Å². The Morgan fingerprint density at radius 1 is 1.17 bits per heavy atom. The summed E-state index contributed by atoms with van der Waals surface area (Å²) in [4.78, 5) is 0. The maximum absolute atomic E-state index is 11.6. The van der Waals surface area contributed by atoms with Gasteiger partial charge in [-0.1, -0.05) is 30.3 Å². The van der Waals surface area contributed by atoms with Crippen LogP contribution in [0, 0.1) is 0 Å². The molecule has 0 unspecified atom stereocenters.